The number of hydrogen-bond acceptors (Lipinski definition) is 5. The summed E-state index contributed by atoms with van der Waals surface area (Å²) < 4.78 is 0. The second-order valence-electron chi connectivity index (χ2n) is 5.67. The minimum absolute atomic E-state index is 0.276. The summed E-state index contributed by atoms with van der Waals surface area (Å²) in [5, 5.41) is 16.1. The molecule has 2 atom stereocenters. The van der Waals surface area contributed by atoms with Crippen molar-refractivity contribution in [3.8, 4) is 0 Å². The van der Waals surface area contributed by atoms with Crippen LogP contribution >= 0.6 is 11.3 Å². The maximum absolute atomic E-state index is 9.19. The molecule has 0 bridgehead atoms. The lowest BCUT2D eigenvalue weighted by Gasteiger charge is -2.21. The first-order valence-electron chi connectivity index (χ1n) is 7.29. The fourth-order valence-corrected chi connectivity index (χ4v) is 4.18. The van der Waals surface area contributed by atoms with Gasteiger partial charge in [-0.3, -0.25) is 0 Å². The molecule has 2 N–H and O–H groups in total. The molecule has 1 fully saturated rings. The lowest BCUT2D eigenvalue weighted by atomic mass is 10.00. The van der Waals surface area contributed by atoms with Gasteiger partial charge in [-0.15, -0.1) is 11.3 Å². The zero-order chi connectivity index (χ0) is 14.1. The normalized spacial score (nSPS) is 22.6. The van der Waals surface area contributed by atoms with Gasteiger partial charge in [-0.2, -0.15) is 0 Å². The van der Waals surface area contributed by atoms with Crippen molar-refractivity contribution in [2.45, 2.75) is 45.6 Å². The summed E-state index contributed by atoms with van der Waals surface area (Å²) in [7, 11) is 0. The summed E-state index contributed by atoms with van der Waals surface area (Å²) >= 11 is 1.68. The van der Waals surface area contributed by atoms with E-state index in [-0.39, 0.29) is 6.61 Å². The number of aliphatic hydroxyl groups excluding tert-OH is 1. The quantitative estimate of drug-likeness (QED) is 0.907. The molecule has 1 aliphatic carbocycles. The van der Waals surface area contributed by atoms with Gasteiger partial charge >= 0.3 is 0 Å². The zero-order valence-electron chi connectivity index (χ0n) is 12.0. The van der Waals surface area contributed by atoms with E-state index in [4.69, 9.17) is 0 Å². The van der Waals surface area contributed by atoms with Crippen LogP contribution in [0, 0.1) is 19.8 Å². The molecule has 0 aliphatic heterocycles. The number of fused-ring (bicyclic) bond motifs is 1. The molecule has 2 unspecified atom stereocenters. The molecule has 3 rings (SSSR count). The topological polar surface area (TPSA) is 58.0 Å². The molecule has 1 saturated carbocycles. The molecule has 0 spiro atoms. The Balaban J connectivity index is 1.92. The van der Waals surface area contributed by atoms with Gasteiger partial charge < -0.3 is 10.4 Å². The molecule has 2 aromatic rings. The lowest BCUT2D eigenvalue weighted by Crippen LogP contribution is -2.25. The van der Waals surface area contributed by atoms with Crippen LogP contribution in [0.25, 0.3) is 10.2 Å². The summed E-state index contributed by atoms with van der Waals surface area (Å²) in [6.07, 6.45) is 4.48. The minimum atomic E-state index is 0.276. The molecule has 2 heterocycles. The highest BCUT2D eigenvalue weighted by molar-refractivity contribution is 7.17. The van der Waals surface area contributed by atoms with Crippen molar-refractivity contribution >= 4 is 27.4 Å². The number of thiophene rings is 1. The van der Waals surface area contributed by atoms with E-state index in [1.165, 1.54) is 24.8 Å². The molecular formula is C15H21N3OS. The van der Waals surface area contributed by atoms with Crippen molar-refractivity contribution in [2.24, 2.45) is 5.92 Å². The number of anilines is 1. The summed E-state index contributed by atoms with van der Waals surface area (Å²) in [5.41, 5.74) is 1.24. The van der Waals surface area contributed by atoms with Gasteiger partial charge in [0.15, 0.2) is 0 Å². The van der Waals surface area contributed by atoms with Crippen molar-refractivity contribution in [2.75, 3.05) is 11.9 Å². The number of aryl methyl sites for hydroxylation is 2. The molecule has 0 amide bonds. The van der Waals surface area contributed by atoms with Gasteiger partial charge in [-0.1, -0.05) is 6.42 Å². The summed E-state index contributed by atoms with van der Waals surface area (Å²) in [5.74, 6) is 2.35. The van der Waals surface area contributed by atoms with Crippen LogP contribution in [-0.2, 0) is 0 Å². The first-order valence-corrected chi connectivity index (χ1v) is 8.17. The Morgan fingerprint density at radius 3 is 3.00 bits per heavy atom. The maximum Gasteiger partial charge on any atom is 0.139 e. The van der Waals surface area contributed by atoms with Gasteiger partial charge in [0.1, 0.15) is 16.5 Å². The van der Waals surface area contributed by atoms with E-state index >= 15 is 0 Å². The Morgan fingerprint density at radius 2 is 2.20 bits per heavy atom. The molecule has 20 heavy (non-hydrogen) atoms. The van der Waals surface area contributed by atoms with Crippen LogP contribution in [0.4, 0.5) is 5.82 Å². The summed E-state index contributed by atoms with van der Waals surface area (Å²) in [4.78, 5) is 10.2. The van der Waals surface area contributed by atoms with E-state index in [1.807, 2.05) is 6.92 Å². The van der Waals surface area contributed by atoms with Crippen LogP contribution < -0.4 is 5.32 Å². The van der Waals surface area contributed by atoms with Gasteiger partial charge in [-0.05, 0) is 50.0 Å². The van der Waals surface area contributed by atoms with Crippen molar-refractivity contribution in [3.63, 3.8) is 0 Å². The molecule has 5 heteroatoms. The highest BCUT2D eigenvalue weighted by Gasteiger charge is 2.27. The Bertz CT molecular complexity index is 610. The maximum atomic E-state index is 9.19. The number of aromatic nitrogens is 2. The second-order valence-corrected chi connectivity index (χ2v) is 6.53. The van der Waals surface area contributed by atoms with Gasteiger partial charge in [0, 0.05) is 12.6 Å². The van der Waals surface area contributed by atoms with E-state index in [1.54, 1.807) is 11.3 Å². The van der Waals surface area contributed by atoms with Crippen molar-refractivity contribution in [1.29, 1.82) is 0 Å². The third-order valence-corrected chi connectivity index (χ3v) is 5.20. The van der Waals surface area contributed by atoms with Crippen molar-refractivity contribution in [3.05, 3.63) is 16.8 Å². The SMILES string of the molecule is Cc1nc(NC2CCCC2CCO)c2c(C)csc2n1. The van der Waals surface area contributed by atoms with Gasteiger partial charge in [0.2, 0.25) is 0 Å². The van der Waals surface area contributed by atoms with Crippen LogP contribution in [-0.4, -0.2) is 27.7 Å². The predicted molar refractivity (Wildman–Crippen MR) is 83.3 cm³/mol. The van der Waals surface area contributed by atoms with Crippen molar-refractivity contribution in [1.82, 2.24) is 9.97 Å². The van der Waals surface area contributed by atoms with Crippen LogP contribution in [0.5, 0.6) is 0 Å². The minimum Gasteiger partial charge on any atom is -0.396 e. The number of rotatable bonds is 4. The summed E-state index contributed by atoms with van der Waals surface area (Å²) in [6.45, 7) is 4.33. The number of hydrogen-bond donors (Lipinski definition) is 2. The average Bonchev–Trinajstić information content (AvgIpc) is 2.98. The molecule has 2 aromatic heterocycles. The van der Waals surface area contributed by atoms with E-state index in [0.717, 1.165) is 28.3 Å². The molecular weight excluding hydrogens is 270 g/mol. The van der Waals surface area contributed by atoms with Gasteiger partial charge in [0.05, 0.1) is 5.39 Å². The van der Waals surface area contributed by atoms with Crippen LogP contribution in [0.2, 0.25) is 0 Å². The number of nitrogens with zero attached hydrogens (tertiary/aromatic N) is 2. The molecule has 0 saturated heterocycles. The predicted octanol–water partition coefficient (Wildman–Crippen LogP) is 3.27. The van der Waals surface area contributed by atoms with Crippen LogP contribution in [0.15, 0.2) is 5.38 Å². The van der Waals surface area contributed by atoms with E-state index < -0.39 is 0 Å². The summed E-state index contributed by atoms with van der Waals surface area (Å²) in [6, 6.07) is 0.430. The monoisotopic (exact) mass is 291 g/mol. The second kappa shape index (κ2) is 5.66. The highest BCUT2D eigenvalue weighted by atomic mass is 32.1. The smallest absolute Gasteiger partial charge is 0.139 e. The molecule has 108 valence electrons. The van der Waals surface area contributed by atoms with Crippen LogP contribution in [0.3, 0.4) is 0 Å². The Morgan fingerprint density at radius 1 is 1.35 bits per heavy atom. The molecule has 1 aliphatic rings. The fourth-order valence-electron chi connectivity index (χ4n) is 3.21. The molecule has 0 aromatic carbocycles. The van der Waals surface area contributed by atoms with Crippen LogP contribution in [0.1, 0.15) is 37.1 Å². The fraction of sp³-hybridized carbons (Fsp3) is 0.600. The third-order valence-electron chi connectivity index (χ3n) is 4.21. The van der Waals surface area contributed by atoms with E-state index in [0.29, 0.717) is 12.0 Å². The van der Waals surface area contributed by atoms with Crippen molar-refractivity contribution < 1.29 is 5.11 Å². The zero-order valence-corrected chi connectivity index (χ0v) is 12.8. The van der Waals surface area contributed by atoms with Gasteiger partial charge in [-0.25, -0.2) is 9.97 Å². The van der Waals surface area contributed by atoms with Gasteiger partial charge in [0.25, 0.3) is 0 Å². The van der Waals surface area contributed by atoms with E-state index in [9.17, 15) is 5.11 Å². The van der Waals surface area contributed by atoms with E-state index in [2.05, 4.69) is 27.6 Å². The molecule has 4 nitrogen and oxygen atoms in total. The Hall–Kier alpha value is -1.20. The first kappa shape index (κ1) is 13.8. The Labute approximate surface area is 123 Å². The Kier molecular flexibility index (Phi) is 3.89. The largest absolute Gasteiger partial charge is 0.396 e. The number of nitrogens with one attached hydrogen (secondary N) is 1. The standard InChI is InChI=1S/C15H21N3OS/c1-9-8-20-15-13(9)14(16-10(2)17-15)18-12-5-3-4-11(12)6-7-19/h8,11-12,19H,3-7H2,1-2H3,(H,16,17,18). The number of aliphatic hydroxyl groups is 1. The average molecular weight is 291 g/mol. The first-order chi connectivity index (χ1) is 9.69. The highest BCUT2D eigenvalue weighted by Crippen LogP contribution is 2.34. The molecule has 0 radical (unpaired) electrons. The third kappa shape index (κ3) is 2.52. The lowest BCUT2D eigenvalue weighted by molar-refractivity contribution is 0.254.